The van der Waals surface area contributed by atoms with Crippen molar-refractivity contribution in [1.29, 1.82) is 0 Å². The molecule has 0 fully saturated rings. The van der Waals surface area contributed by atoms with E-state index in [1.807, 2.05) is 0 Å². The molecule has 0 bridgehead atoms. The van der Waals surface area contributed by atoms with Crippen molar-refractivity contribution >= 4 is 39.5 Å². The molecular weight excluding hydrogens is 1340 g/mol. The Hall–Kier alpha value is -1.94. The van der Waals surface area contributed by atoms with Crippen LogP contribution in [0, 0.1) is 23.7 Å². The first-order valence-corrected chi connectivity index (χ1v) is 46.3. The van der Waals surface area contributed by atoms with Crippen LogP contribution >= 0.6 is 15.6 Å². The average molecular weight is 1510 g/mol. The SMILES string of the molecule is CCC(C)CCCCCCCCCCCCCCCCCCCCC(=O)O[C@H](COC(=O)CCCCCCCCCC(C)C)COP(=O)(O)OCC(O)COP(=O)(O)OC[C@@H](COC(=O)CCCCCCCCCCCCC(C)C)OC(=O)CCCCCCCCCCCCCCCCC(C)CC. The van der Waals surface area contributed by atoms with E-state index in [-0.39, 0.29) is 25.7 Å². The fraction of sp³-hybridized carbons (Fsp3) is 0.952. The Morgan fingerprint density at radius 2 is 0.466 bits per heavy atom. The summed E-state index contributed by atoms with van der Waals surface area (Å²) < 4.78 is 68.8. The molecule has 0 aliphatic heterocycles. The fourth-order valence-corrected chi connectivity index (χ4v) is 14.5. The number of carbonyl (C=O) groups is 4. The highest BCUT2D eigenvalue weighted by molar-refractivity contribution is 7.47. The summed E-state index contributed by atoms with van der Waals surface area (Å²) in [7, 11) is -9.93. The van der Waals surface area contributed by atoms with E-state index in [4.69, 9.17) is 37.0 Å². The van der Waals surface area contributed by atoms with Crippen molar-refractivity contribution in [3.05, 3.63) is 0 Å². The fourth-order valence-electron chi connectivity index (χ4n) is 12.9. The number of phosphoric ester groups is 2. The van der Waals surface area contributed by atoms with E-state index >= 15 is 0 Å². The minimum atomic E-state index is -4.96. The summed E-state index contributed by atoms with van der Waals surface area (Å²) in [6, 6.07) is 0. The van der Waals surface area contributed by atoms with Gasteiger partial charge in [0.2, 0.25) is 0 Å². The summed E-state index contributed by atoms with van der Waals surface area (Å²) in [5.41, 5.74) is 0. The zero-order valence-electron chi connectivity index (χ0n) is 68.0. The highest BCUT2D eigenvalue weighted by Crippen LogP contribution is 2.45. The number of rotatable bonds is 81. The Bertz CT molecular complexity index is 2010. The van der Waals surface area contributed by atoms with Gasteiger partial charge in [-0.25, -0.2) is 9.13 Å². The zero-order valence-corrected chi connectivity index (χ0v) is 69.7. The molecule has 0 radical (unpaired) electrons. The third-order valence-electron chi connectivity index (χ3n) is 20.3. The molecule has 612 valence electrons. The molecule has 0 saturated heterocycles. The lowest BCUT2D eigenvalue weighted by molar-refractivity contribution is -0.161. The molecule has 3 N–H and O–H groups in total. The third kappa shape index (κ3) is 75.3. The normalized spacial score (nSPS) is 14.5. The smallest absolute Gasteiger partial charge is 0.462 e. The van der Waals surface area contributed by atoms with Gasteiger partial charge in [0.05, 0.1) is 26.4 Å². The van der Waals surface area contributed by atoms with Crippen LogP contribution in [0.25, 0.3) is 0 Å². The molecule has 5 unspecified atom stereocenters. The standard InChI is InChI=1S/C84H164O17P2/c1-9-76(7)62-54-46-38-30-23-19-15-13-11-12-14-16-21-25-33-41-50-58-66-84(89)101-80(71-95-82(87)65-57-49-43-35-37-45-53-61-75(5)6)73-99-103(92,93)97-69-78(85)68-96-102(90,91)98-72-79(70-94-81(86)64-56-48-40-32-28-27-29-36-44-52-60-74(3)4)100-83(88)67-59-51-42-34-26-22-18-17-20-24-31-39-47-55-63-77(8)10-2/h74-80,85H,9-73H2,1-8H3,(H,90,91)(H,92,93)/t76?,77?,78?,79-,80-/m1/s1. The van der Waals surface area contributed by atoms with E-state index in [9.17, 15) is 43.2 Å². The minimum Gasteiger partial charge on any atom is -0.462 e. The zero-order chi connectivity index (χ0) is 76.0. The molecule has 19 heteroatoms. The summed E-state index contributed by atoms with van der Waals surface area (Å²) in [6.45, 7) is 14.3. The number of hydrogen-bond donors (Lipinski definition) is 3. The Labute approximate surface area is 632 Å². The maximum absolute atomic E-state index is 13.1. The van der Waals surface area contributed by atoms with E-state index in [1.54, 1.807) is 0 Å². The topological polar surface area (TPSA) is 237 Å². The second kappa shape index (κ2) is 72.9. The van der Waals surface area contributed by atoms with E-state index in [2.05, 4.69) is 55.4 Å². The van der Waals surface area contributed by atoms with Crippen molar-refractivity contribution in [1.82, 2.24) is 0 Å². The van der Waals surface area contributed by atoms with Crippen LogP contribution in [0.5, 0.6) is 0 Å². The highest BCUT2D eigenvalue weighted by Gasteiger charge is 2.30. The summed E-state index contributed by atoms with van der Waals surface area (Å²) in [5.74, 6) is 1.07. The van der Waals surface area contributed by atoms with E-state index in [0.717, 1.165) is 114 Å². The molecular formula is C84H164O17P2. The first-order valence-electron chi connectivity index (χ1n) is 43.3. The molecule has 17 nitrogen and oxygen atoms in total. The molecule has 0 aliphatic carbocycles. The Kier molecular flexibility index (Phi) is 71.5. The number of phosphoric acid groups is 2. The number of esters is 4. The van der Waals surface area contributed by atoms with Gasteiger partial charge in [0.15, 0.2) is 12.2 Å². The van der Waals surface area contributed by atoms with E-state index < -0.39 is 97.5 Å². The van der Waals surface area contributed by atoms with Gasteiger partial charge in [0.1, 0.15) is 19.3 Å². The summed E-state index contributed by atoms with van der Waals surface area (Å²) in [4.78, 5) is 73.1. The van der Waals surface area contributed by atoms with Gasteiger partial charge in [-0.15, -0.1) is 0 Å². The van der Waals surface area contributed by atoms with Gasteiger partial charge in [-0.3, -0.25) is 37.3 Å². The van der Waals surface area contributed by atoms with Gasteiger partial charge >= 0.3 is 39.5 Å². The van der Waals surface area contributed by atoms with Crippen LogP contribution < -0.4 is 0 Å². The molecule has 0 amide bonds. The Morgan fingerprint density at radius 1 is 0.272 bits per heavy atom. The quantitative estimate of drug-likeness (QED) is 0.0222. The van der Waals surface area contributed by atoms with Crippen molar-refractivity contribution < 1.29 is 80.2 Å². The van der Waals surface area contributed by atoms with Gasteiger partial charge < -0.3 is 33.8 Å². The predicted octanol–water partition coefficient (Wildman–Crippen LogP) is 25.2. The summed E-state index contributed by atoms with van der Waals surface area (Å²) >= 11 is 0. The third-order valence-corrected chi connectivity index (χ3v) is 22.2. The number of unbranched alkanes of at least 4 members (excludes halogenated alkanes) is 45. The molecule has 7 atom stereocenters. The van der Waals surface area contributed by atoms with Crippen LogP contribution in [0.2, 0.25) is 0 Å². The van der Waals surface area contributed by atoms with Gasteiger partial charge in [-0.2, -0.15) is 0 Å². The number of aliphatic hydroxyl groups excluding tert-OH is 1. The van der Waals surface area contributed by atoms with Crippen molar-refractivity contribution in [3.8, 4) is 0 Å². The lowest BCUT2D eigenvalue weighted by Gasteiger charge is -2.21. The maximum Gasteiger partial charge on any atom is 0.472 e. The van der Waals surface area contributed by atoms with Crippen LogP contribution in [0.3, 0.4) is 0 Å². The maximum atomic E-state index is 13.1. The number of hydrogen-bond acceptors (Lipinski definition) is 15. The van der Waals surface area contributed by atoms with Crippen LogP contribution in [0.1, 0.15) is 434 Å². The molecule has 0 aromatic carbocycles. The monoisotopic (exact) mass is 1510 g/mol. The van der Waals surface area contributed by atoms with E-state index in [0.29, 0.717) is 31.6 Å². The number of ether oxygens (including phenoxy) is 4. The lowest BCUT2D eigenvalue weighted by atomic mass is 9.99. The number of carbonyl (C=O) groups excluding carboxylic acids is 4. The van der Waals surface area contributed by atoms with Crippen LogP contribution in [-0.4, -0.2) is 96.7 Å². The summed E-state index contributed by atoms with van der Waals surface area (Å²) in [6.07, 6.45) is 61.1. The van der Waals surface area contributed by atoms with Gasteiger partial charge in [-0.1, -0.05) is 383 Å². The molecule has 0 rings (SSSR count). The van der Waals surface area contributed by atoms with Crippen molar-refractivity contribution in [3.63, 3.8) is 0 Å². The van der Waals surface area contributed by atoms with Gasteiger partial charge in [0.25, 0.3) is 0 Å². The van der Waals surface area contributed by atoms with Crippen molar-refractivity contribution in [2.24, 2.45) is 23.7 Å². The average Bonchev–Trinajstić information content (AvgIpc) is 0.930. The Balaban J connectivity index is 5.20. The van der Waals surface area contributed by atoms with Crippen LogP contribution in [-0.2, 0) is 65.4 Å². The first kappa shape index (κ1) is 101. The second-order valence-electron chi connectivity index (χ2n) is 31.7. The van der Waals surface area contributed by atoms with E-state index in [1.165, 1.54) is 231 Å². The van der Waals surface area contributed by atoms with Crippen molar-refractivity contribution in [2.45, 2.75) is 453 Å². The molecule has 0 aromatic heterocycles. The largest absolute Gasteiger partial charge is 0.472 e. The summed E-state index contributed by atoms with van der Waals surface area (Å²) in [5, 5.41) is 10.7. The molecule has 0 saturated carbocycles. The minimum absolute atomic E-state index is 0.107. The lowest BCUT2D eigenvalue weighted by Crippen LogP contribution is -2.30. The predicted molar refractivity (Wildman–Crippen MR) is 423 cm³/mol. The first-order chi connectivity index (χ1) is 49.7. The highest BCUT2D eigenvalue weighted by atomic mass is 31.2. The number of aliphatic hydroxyl groups is 1. The van der Waals surface area contributed by atoms with Crippen LogP contribution in [0.15, 0.2) is 0 Å². The molecule has 0 aromatic rings. The molecule has 103 heavy (non-hydrogen) atoms. The molecule has 0 spiro atoms. The molecule has 0 heterocycles. The Morgan fingerprint density at radius 3 is 0.689 bits per heavy atom. The second-order valence-corrected chi connectivity index (χ2v) is 34.6. The van der Waals surface area contributed by atoms with Crippen molar-refractivity contribution in [2.75, 3.05) is 39.6 Å². The van der Waals surface area contributed by atoms with Gasteiger partial charge in [0, 0.05) is 25.7 Å². The van der Waals surface area contributed by atoms with Crippen LogP contribution in [0.4, 0.5) is 0 Å². The molecule has 0 aliphatic rings. The van der Waals surface area contributed by atoms with Gasteiger partial charge in [-0.05, 0) is 49.4 Å².